The summed E-state index contributed by atoms with van der Waals surface area (Å²) < 4.78 is 14.8. The first-order valence-electron chi connectivity index (χ1n) is 6.01. The smallest absolute Gasteiger partial charge is 0.326 e. The summed E-state index contributed by atoms with van der Waals surface area (Å²) >= 11 is 0. The second-order valence-corrected chi connectivity index (χ2v) is 4.26. The summed E-state index contributed by atoms with van der Waals surface area (Å²) in [7, 11) is 1.43. The maximum absolute atomic E-state index is 13.6. The van der Waals surface area contributed by atoms with E-state index in [9.17, 15) is 14.0 Å². The number of carboxylic acids is 1. The Labute approximate surface area is 119 Å². The number of urea groups is 1. The van der Waals surface area contributed by atoms with E-state index in [2.05, 4.69) is 10.4 Å². The molecule has 0 saturated heterocycles. The number of hydrogen-bond acceptors (Lipinski definition) is 3. The van der Waals surface area contributed by atoms with E-state index in [-0.39, 0.29) is 12.2 Å². The molecule has 8 heteroatoms. The van der Waals surface area contributed by atoms with Crippen LogP contribution in [0.5, 0.6) is 0 Å². The molecule has 0 radical (unpaired) electrons. The fraction of sp³-hybridized carbons (Fsp3) is 0.154. The highest BCUT2D eigenvalue weighted by atomic mass is 19.1. The highest BCUT2D eigenvalue weighted by Crippen LogP contribution is 2.18. The molecule has 1 heterocycles. The Hall–Kier alpha value is -2.90. The molecule has 0 atom stereocenters. The summed E-state index contributed by atoms with van der Waals surface area (Å²) in [6, 6.07) is 5.32. The summed E-state index contributed by atoms with van der Waals surface area (Å²) in [6.45, 7) is -0.307. The molecule has 0 unspecified atom stereocenters. The van der Waals surface area contributed by atoms with Crippen molar-refractivity contribution in [3.05, 3.63) is 42.5 Å². The molecule has 0 saturated carbocycles. The normalized spacial score (nSPS) is 10.2. The molecule has 0 aliphatic rings. The van der Waals surface area contributed by atoms with Crippen LogP contribution in [0.3, 0.4) is 0 Å². The number of nitrogens with zero attached hydrogens (tertiary/aromatic N) is 3. The van der Waals surface area contributed by atoms with Crippen LogP contribution in [0.1, 0.15) is 0 Å². The number of benzene rings is 1. The van der Waals surface area contributed by atoms with E-state index in [0.717, 1.165) is 4.90 Å². The zero-order valence-electron chi connectivity index (χ0n) is 11.2. The first kappa shape index (κ1) is 14.5. The number of anilines is 2. The monoisotopic (exact) mass is 292 g/mol. The number of halogens is 1. The van der Waals surface area contributed by atoms with Gasteiger partial charge in [-0.05, 0) is 12.1 Å². The van der Waals surface area contributed by atoms with Crippen molar-refractivity contribution >= 4 is 23.4 Å². The lowest BCUT2D eigenvalue weighted by Crippen LogP contribution is -2.31. The minimum atomic E-state index is -1.04. The van der Waals surface area contributed by atoms with Gasteiger partial charge >= 0.3 is 12.0 Å². The molecule has 21 heavy (non-hydrogen) atoms. The maximum Gasteiger partial charge on any atom is 0.326 e. The van der Waals surface area contributed by atoms with Crippen LogP contribution in [-0.2, 0) is 11.3 Å². The van der Waals surface area contributed by atoms with Crippen LogP contribution in [0.2, 0.25) is 0 Å². The van der Waals surface area contributed by atoms with Gasteiger partial charge in [-0.15, -0.1) is 0 Å². The molecule has 0 bridgehead atoms. The Bertz CT molecular complexity index is 671. The number of nitrogens with one attached hydrogen (secondary N) is 1. The fourth-order valence-electron chi connectivity index (χ4n) is 1.69. The van der Waals surface area contributed by atoms with Gasteiger partial charge < -0.3 is 10.4 Å². The minimum absolute atomic E-state index is 0.132. The molecule has 0 aliphatic carbocycles. The number of carbonyl (C=O) groups is 2. The zero-order chi connectivity index (χ0) is 15.4. The van der Waals surface area contributed by atoms with Crippen molar-refractivity contribution in [2.24, 2.45) is 0 Å². The first-order chi connectivity index (χ1) is 9.97. The van der Waals surface area contributed by atoms with Gasteiger partial charge in [-0.3, -0.25) is 14.4 Å². The maximum atomic E-state index is 13.6. The van der Waals surface area contributed by atoms with Crippen LogP contribution >= 0.6 is 0 Å². The quantitative estimate of drug-likeness (QED) is 0.899. The molecular weight excluding hydrogens is 279 g/mol. The molecule has 0 aliphatic heterocycles. The zero-order valence-corrected chi connectivity index (χ0v) is 11.2. The van der Waals surface area contributed by atoms with Crippen molar-refractivity contribution in [2.75, 3.05) is 17.3 Å². The Morgan fingerprint density at radius 3 is 2.81 bits per heavy atom. The molecule has 2 aromatic rings. The van der Waals surface area contributed by atoms with Gasteiger partial charge in [0, 0.05) is 13.2 Å². The Kier molecular flexibility index (Phi) is 4.17. The van der Waals surface area contributed by atoms with E-state index in [1.165, 1.54) is 42.3 Å². The predicted octanol–water partition coefficient (Wildman–Crippen LogP) is 1.78. The number of carbonyl (C=O) groups excluding carboxylic acids is 1. The van der Waals surface area contributed by atoms with E-state index < -0.39 is 17.8 Å². The van der Waals surface area contributed by atoms with Crippen molar-refractivity contribution in [3.63, 3.8) is 0 Å². The molecule has 2 rings (SSSR count). The second-order valence-electron chi connectivity index (χ2n) is 4.26. The van der Waals surface area contributed by atoms with Crippen molar-refractivity contribution in [1.29, 1.82) is 0 Å². The number of hydrogen-bond donors (Lipinski definition) is 2. The third-order valence-corrected chi connectivity index (χ3v) is 2.70. The number of carboxylic acid groups (broad SMARTS) is 1. The highest BCUT2D eigenvalue weighted by Gasteiger charge is 2.15. The van der Waals surface area contributed by atoms with Gasteiger partial charge in [0.1, 0.15) is 12.4 Å². The summed E-state index contributed by atoms with van der Waals surface area (Å²) in [5, 5.41) is 14.9. The van der Waals surface area contributed by atoms with Crippen LogP contribution in [-0.4, -0.2) is 33.9 Å². The van der Waals surface area contributed by atoms with Crippen LogP contribution < -0.4 is 10.2 Å². The van der Waals surface area contributed by atoms with Crippen molar-refractivity contribution in [3.8, 4) is 0 Å². The predicted molar refractivity (Wildman–Crippen MR) is 73.7 cm³/mol. The number of para-hydroxylation sites is 1. The molecule has 2 N–H and O–H groups in total. The second kappa shape index (κ2) is 6.04. The molecular formula is C13H13FN4O3. The number of aliphatic carboxylic acids is 1. The summed E-state index contributed by atoms with van der Waals surface area (Å²) in [5.74, 6) is -1.56. The largest absolute Gasteiger partial charge is 0.480 e. The molecule has 1 aromatic carbocycles. The first-order valence-corrected chi connectivity index (χ1v) is 6.01. The van der Waals surface area contributed by atoms with Gasteiger partial charge in [-0.1, -0.05) is 12.1 Å². The van der Waals surface area contributed by atoms with Gasteiger partial charge in [0.2, 0.25) is 0 Å². The summed E-state index contributed by atoms with van der Waals surface area (Å²) in [6.07, 6.45) is 2.69. The molecule has 2 amide bonds. The SMILES string of the molecule is CN(C(=O)Nc1cnn(CC(=O)O)c1)c1ccccc1F. The lowest BCUT2D eigenvalue weighted by Gasteiger charge is -2.17. The van der Waals surface area contributed by atoms with Crippen LogP contribution in [0.15, 0.2) is 36.7 Å². The van der Waals surface area contributed by atoms with Gasteiger partial charge in [0.05, 0.1) is 17.6 Å². The molecule has 7 nitrogen and oxygen atoms in total. The van der Waals surface area contributed by atoms with Crippen LogP contribution in [0.4, 0.5) is 20.6 Å². The standard InChI is InChI=1S/C13H13FN4O3/c1-17(11-5-3-2-4-10(11)14)13(21)16-9-6-15-18(7-9)8-12(19)20/h2-7H,8H2,1H3,(H,16,21)(H,19,20). The van der Waals surface area contributed by atoms with E-state index in [1.54, 1.807) is 6.07 Å². The fourth-order valence-corrected chi connectivity index (χ4v) is 1.69. The van der Waals surface area contributed by atoms with Crippen molar-refractivity contribution in [2.45, 2.75) is 6.54 Å². The Morgan fingerprint density at radius 2 is 2.14 bits per heavy atom. The lowest BCUT2D eigenvalue weighted by molar-refractivity contribution is -0.137. The lowest BCUT2D eigenvalue weighted by atomic mass is 10.3. The van der Waals surface area contributed by atoms with E-state index >= 15 is 0 Å². The number of amides is 2. The Morgan fingerprint density at radius 1 is 1.43 bits per heavy atom. The van der Waals surface area contributed by atoms with E-state index in [0.29, 0.717) is 5.69 Å². The Balaban J connectivity index is 2.06. The van der Waals surface area contributed by atoms with Gasteiger partial charge in [-0.2, -0.15) is 5.10 Å². The minimum Gasteiger partial charge on any atom is -0.480 e. The van der Waals surface area contributed by atoms with Crippen LogP contribution in [0, 0.1) is 5.82 Å². The highest BCUT2D eigenvalue weighted by molar-refractivity contribution is 6.01. The van der Waals surface area contributed by atoms with Crippen molar-refractivity contribution in [1.82, 2.24) is 9.78 Å². The molecule has 0 fully saturated rings. The van der Waals surface area contributed by atoms with Gasteiger partial charge in [0.25, 0.3) is 0 Å². The number of rotatable bonds is 4. The topological polar surface area (TPSA) is 87.5 Å². The van der Waals surface area contributed by atoms with Crippen LogP contribution in [0.25, 0.3) is 0 Å². The summed E-state index contributed by atoms with van der Waals surface area (Å²) in [5.41, 5.74) is 0.456. The van der Waals surface area contributed by atoms with Gasteiger partial charge in [-0.25, -0.2) is 9.18 Å². The number of aromatic nitrogens is 2. The van der Waals surface area contributed by atoms with Gasteiger partial charge in [0.15, 0.2) is 0 Å². The van der Waals surface area contributed by atoms with Crippen molar-refractivity contribution < 1.29 is 19.1 Å². The average Bonchev–Trinajstić information content (AvgIpc) is 2.84. The van der Waals surface area contributed by atoms with E-state index in [1.807, 2.05) is 0 Å². The van der Waals surface area contributed by atoms with E-state index in [4.69, 9.17) is 5.11 Å². The third-order valence-electron chi connectivity index (χ3n) is 2.70. The molecule has 110 valence electrons. The molecule has 1 aromatic heterocycles. The third kappa shape index (κ3) is 3.56. The summed E-state index contributed by atoms with van der Waals surface area (Å²) in [4.78, 5) is 23.6. The molecule has 0 spiro atoms. The average molecular weight is 292 g/mol.